The summed E-state index contributed by atoms with van der Waals surface area (Å²) in [5.41, 5.74) is 5.89. The summed E-state index contributed by atoms with van der Waals surface area (Å²) in [7, 11) is 9.88. The van der Waals surface area contributed by atoms with Crippen molar-refractivity contribution < 1.29 is 54.4 Å². The van der Waals surface area contributed by atoms with Crippen LogP contribution >= 0.6 is 43.2 Å². The molecule has 4 aliphatic rings. The maximum Gasteiger partial charge on any atom is 0.186 e. The highest BCUT2D eigenvalue weighted by molar-refractivity contribution is 8.77. The van der Waals surface area contributed by atoms with Crippen LogP contribution < -0.4 is 19.5 Å². The first kappa shape index (κ1) is 59.6. The lowest BCUT2D eigenvalue weighted by molar-refractivity contribution is -0.150. The summed E-state index contributed by atoms with van der Waals surface area (Å²) in [5.74, 6) is -0.157. The first-order valence-corrected chi connectivity index (χ1v) is 33.5. The standard InChI is InChI=1S/C64H78N2O11S4/c1-5-40-12-13-41-8-7-9-49-57(31-67)81-80-34-46-26-58(71)64(47-21-39(29-65-3)22-48(69)27-47,52-35-79-78-33-44-11-10-38(32-75-6-2)23-55(44)77-56-25-43(52)15-17-54(56)76-36-68)63(73)60(46)61(72)45(20-37-18-19-66-30-37)24-42-14-16-53(70)62(74-4)51(42)28-50(40)59(41)49/h7-9,12-19,21-22,25,27,30,38,44-46,52,55,57-58,60-61,65-72H,5-6,10-11,20,23-24,26,28-29,31-36H2,1-4H3. The third kappa shape index (κ3) is 12.4. The van der Waals surface area contributed by atoms with Gasteiger partial charge in [0.2, 0.25) is 0 Å². The van der Waals surface area contributed by atoms with E-state index in [1.165, 1.54) is 10.8 Å². The number of aromatic amines is 1. The smallest absolute Gasteiger partial charge is 0.186 e. The van der Waals surface area contributed by atoms with Crippen LogP contribution in [0, 0.1) is 29.6 Å². The summed E-state index contributed by atoms with van der Waals surface area (Å²) in [6.07, 6.45) is 5.70. The Morgan fingerprint density at radius 1 is 0.877 bits per heavy atom. The van der Waals surface area contributed by atoms with Gasteiger partial charge in [0, 0.05) is 79.1 Å². The molecule has 10 rings (SSSR count). The Kier molecular flexibility index (Phi) is 19.9. The number of Topliss-reactive ketones (excluding diaryl/α,β-unsaturated/α-hetero) is 1. The molecule has 434 valence electrons. The Bertz CT molecular complexity index is 3110. The van der Waals surface area contributed by atoms with Crippen molar-refractivity contribution in [2.75, 3.05) is 58.0 Å². The number of aromatic nitrogens is 1. The lowest BCUT2D eigenvalue weighted by atomic mass is 9.52. The minimum atomic E-state index is -1.75. The van der Waals surface area contributed by atoms with Gasteiger partial charge in [0.1, 0.15) is 11.9 Å². The molecule has 11 unspecified atom stereocenters. The molecule has 2 aliphatic heterocycles. The number of ketones is 1. The van der Waals surface area contributed by atoms with Crippen LogP contribution in [-0.2, 0) is 47.2 Å². The second kappa shape index (κ2) is 27.0. The molecular formula is C64H78N2O11S4. The van der Waals surface area contributed by atoms with Crippen LogP contribution in [0.5, 0.6) is 28.7 Å². The number of aliphatic hydroxyl groups excluding tert-OH is 4. The fraction of sp³-hybridized carbons (Fsp3) is 0.484. The molecule has 17 heteroatoms. The molecule has 0 amide bonds. The molecule has 0 spiro atoms. The summed E-state index contributed by atoms with van der Waals surface area (Å²) in [6.45, 7) is 5.05. The molecule has 1 aromatic heterocycles. The van der Waals surface area contributed by atoms with E-state index < -0.39 is 48.1 Å². The third-order valence-electron chi connectivity index (χ3n) is 17.7. The Labute approximate surface area is 491 Å². The molecule has 8 N–H and O–H groups in total. The predicted octanol–water partition coefficient (Wildman–Crippen LogP) is 10.9. The van der Waals surface area contributed by atoms with Crippen molar-refractivity contribution in [2.45, 2.75) is 107 Å². The van der Waals surface area contributed by atoms with Crippen LogP contribution in [0.4, 0.5) is 0 Å². The fourth-order valence-electron chi connectivity index (χ4n) is 13.9. The Hall–Kier alpha value is -4.53. The summed E-state index contributed by atoms with van der Waals surface area (Å²) in [5, 5.41) is 77.4. The number of carbonyl (C=O) groups excluding carboxylic acids is 1. The number of aliphatic hydroxyl groups is 4. The number of phenols is 2. The van der Waals surface area contributed by atoms with E-state index in [2.05, 4.69) is 41.5 Å². The van der Waals surface area contributed by atoms with Crippen molar-refractivity contribution in [3.63, 3.8) is 0 Å². The zero-order chi connectivity index (χ0) is 56.8. The van der Waals surface area contributed by atoms with Crippen molar-refractivity contribution in [3.8, 4) is 28.7 Å². The summed E-state index contributed by atoms with van der Waals surface area (Å²) < 4.78 is 25.0. The van der Waals surface area contributed by atoms with E-state index in [0.717, 1.165) is 81.2 Å². The van der Waals surface area contributed by atoms with Gasteiger partial charge in [-0.25, -0.2) is 0 Å². The first-order valence-electron chi connectivity index (χ1n) is 28.6. The van der Waals surface area contributed by atoms with Crippen molar-refractivity contribution in [1.29, 1.82) is 0 Å². The van der Waals surface area contributed by atoms with Gasteiger partial charge >= 0.3 is 0 Å². The van der Waals surface area contributed by atoms with Crippen molar-refractivity contribution in [1.82, 2.24) is 10.3 Å². The van der Waals surface area contributed by atoms with Crippen molar-refractivity contribution >= 4 is 59.7 Å². The molecule has 6 aromatic rings. The normalized spacial score (nSPS) is 27.3. The highest BCUT2D eigenvalue weighted by Gasteiger charge is 2.61. The second-order valence-electron chi connectivity index (χ2n) is 22.4. The number of fused-ring (bicyclic) bond motifs is 5. The average Bonchev–Trinajstić information content (AvgIpc) is 4.09. The molecule has 13 nitrogen and oxygen atoms in total. The van der Waals surface area contributed by atoms with Gasteiger partial charge in [-0.2, -0.15) is 0 Å². The molecule has 0 saturated heterocycles. The minimum Gasteiger partial charge on any atom is -0.508 e. The number of carbonyl (C=O) groups is 1. The Morgan fingerprint density at radius 2 is 1.72 bits per heavy atom. The van der Waals surface area contributed by atoms with Crippen molar-refractivity contribution in [2.24, 2.45) is 29.6 Å². The number of nitrogens with one attached hydrogen (secondary N) is 2. The van der Waals surface area contributed by atoms with Gasteiger partial charge in [0.05, 0.1) is 36.6 Å². The van der Waals surface area contributed by atoms with Crippen LogP contribution in [0.15, 0.2) is 97.3 Å². The number of rotatable bonds is 14. The molecule has 3 heterocycles. The van der Waals surface area contributed by atoms with Crippen LogP contribution in [0.2, 0.25) is 0 Å². The van der Waals surface area contributed by atoms with Gasteiger partial charge in [0.15, 0.2) is 35.6 Å². The van der Waals surface area contributed by atoms with E-state index in [4.69, 9.17) is 18.9 Å². The molecular weight excluding hydrogens is 1100 g/mol. The van der Waals surface area contributed by atoms with E-state index in [0.29, 0.717) is 84.8 Å². The van der Waals surface area contributed by atoms with E-state index in [1.54, 1.807) is 63.8 Å². The molecule has 2 fully saturated rings. The molecule has 81 heavy (non-hydrogen) atoms. The van der Waals surface area contributed by atoms with Crippen LogP contribution in [0.1, 0.15) is 101 Å². The highest BCUT2D eigenvalue weighted by atomic mass is 33.1. The monoisotopic (exact) mass is 1180 g/mol. The van der Waals surface area contributed by atoms with Crippen LogP contribution in [0.25, 0.3) is 10.8 Å². The predicted molar refractivity (Wildman–Crippen MR) is 327 cm³/mol. The average molecular weight is 1180 g/mol. The lowest BCUT2D eigenvalue weighted by Gasteiger charge is -2.52. The van der Waals surface area contributed by atoms with Crippen LogP contribution in [0.3, 0.4) is 0 Å². The largest absolute Gasteiger partial charge is 0.508 e. The molecule has 5 aromatic carbocycles. The fourth-order valence-corrected chi connectivity index (χ4v) is 19.6. The maximum absolute atomic E-state index is 17.3. The van der Waals surface area contributed by atoms with E-state index in [-0.39, 0.29) is 47.6 Å². The topological polar surface area (TPSA) is 203 Å². The summed E-state index contributed by atoms with van der Waals surface area (Å²) >= 11 is 0. The van der Waals surface area contributed by atoms with Crippen LogP contribution in [-0.4, -0.2) is 118 Å². The number of ether oxygens (including phenoxy) is 4. The first-order chi connectivity index (χ1) is 39.4. The number of benzene rings is 5. The number of hydrogen-bond acceptors (Lipinski definition) is 16. The maximum atomic E-state index is 17.3. The van der Waals surface area contributed by atoms with Gasteiger partial charge < -0.3 is 59.9 Å². The third-order valence-corrected chi connectivity index (χ3v) is 23.1. The minimum absolute atomic E-state index is 0.00728. The quantitative estimate of drug-likeness (QED) is 0.0378. The zero-order valence-electron chi connectivity index (χ0n) is 46.7. The SMILES string of the molecule is CCOCC1CCC2CSSCC(C3(c4cc(O)cc(CNC)c4)C(=O)C4C(CSSC(CO)c5cccc6ccc(CC)c(c56)Cc5c(ccc(O)c5OC)CC(Cc5cc[nH]c5)C4O)CC3O)c3ccc(OCO)c(c3)OC2C1. The van der Waals surface area contributed by atoms with E-state index in [1.807, 2.05) is 62.8 Å². The van der Waals surface area contributed by atoms with Gasteiger partial charge in [-0.15, -0.1) is 0 Å². The molecule has 2 aliphatic carbocycles. The van der Waals surface area contributed by atoms with E-state index in [9.17, 15) is 30.6 Å². The summed E-state index contributed by atoms with van der Waals surface area (Å²) in [4.78, 5) is 20.6. The highest BCUT2D eigenvalue weighted by Crippen LogP contribution is 2.57. The zero-order valence-corrected chi connectivity index (χ0v) is 49.9. The summed E-state index contributed by atoms with van der Waals surface area (Å²) in [6, 6.07) is 26.9. The Morgan fingerprint density at radius 3 is 2.48 bits per heavy atom. The number of hydrogen-bond donors (Lipinski definition) is 8. The number of aromatic hydroxyl groups is 2. The lowest BCUT2D eigenvalue weighted by Crippen LogP contribution is -2.62. The number of H-pyrrole nitrogens is 1. The molecule has 0 radical (unpaired) electrons. The number of methoxy groups -OCH3 is 1. The van der Waals surface area contributed by atoms with Crippen molar-refractivity contribution in [3.05, 3.63) is 147 Å². The molecule has 11 atom stereocenters. The van der Waals surface area contributed by atoms with Gasteiger partial charge in [-0.1, -0.05) is 98.6 Å². The Balaban J connectivity index is 1.17. The second-order valence-corrected chi connectivity index (χ2v) is 27.6. The molecule has 2 bridgehead atoms. The number of phenolic OH excluding ortho intramolecular Hbond substituents is 2. The number of aryl methyl sites for hydroxylation is 1. The molecule has 2 saturated carbocycles. The van der Waals surface area contributed by atoms with Gasteiger partial charge in [-0.3, -0.25) is 4.79 Å². The van der Waals surface area contributed by atoms with E-state index >= 15 is 4.79 Å². The van der Waals surface area contributed by atoms with Gasteiger partial charge in [-0.05, 0) is 168 Å². The van der Waals surface area contributed by atoms with Gasteiger partial charge in [0.25, 0.3) is 0 Å².